The smallest absolute Gasteiger partial charge is 0.251 e. The Morgan fingerprint density at radius 3 is 2.54 bits per heavy atom. The van der Waals surface area contributed by atoms with Crippen LogP contribution in [-0.2, 0) is 10.0 Å². The maximum atomic E-state index is 13.6. The van der Waals surface area contributed by atoms with Gasteiger partial charge in [0.1, 0.15) is 5.82 Å². The van der Waals surface area contributed by atoms with E-state index in [9.17, 15) is 17.6 Å². The maximum Gasteiger partial charge on any atom is 0.251 e. The highest BCUT2D eigenvalue weighted by atomic mass is 32.2. The lowest BCUT2D eigenvalue weighted by atomic mass is 10.0. The van der Waals surface area contributed by atoms with Crippen molar-refractivity contribution in [3.8, 4) is 0 Å². The fraction of sp³-hybridized carbons (Fsp3) is 0.350. The molecule has 2 aliphatic rings. The van der Waals surface area contributed by atoms with Gasteiger partial charge in [-0.15, -0.1) is 11.8 Å². The molecule has 0 aromatic heterocycles. The summed E-state index contributed by atoms with van der Waals surface area (Å²) in [5.74, 6) is 0.227. The predicted molar refractivity (Wildman–Crippen MR) is 106 cm³/mol. The van der Waals surface area contributed by atoms with E-state index >= 15 is 0 Å². The minimum absolute atomic E-state index is 0.201. The second-order valence-electron chi connectivity index (χ2n) is 6.98. The number of nitrogens with zero attached hydrogens (tertiary/aromatic N) is 1. The highest BCUT2D eigenvalue weighted by Crippen LogP contribution is 2.36. The Labute approximate surface area is 168 Å². The highest BCUT2D eigenvalue weighted by molar-refractivity contribution is 7.99. The van der Waals surface area contributed by atoms with Crippen molar-refractivity contribution in [2.75, 3.05) is 18.8 Å². The first-order chi connectivity index (χ1) is 13.4. The number of halogens is 1. The number of benzene rings is 2. The van der Waals surface area contributed by atoms with E-state index in [4.69, 9.17) is 0 Å². The third kappa shape index (κ3) is 3.81. The Morgan fingerprint density at radius 2 is 1.82 bits per heavy atom. The van der Waals surface area contributed by atoms with Crippen molar-refractivity contribution in [1.82, 2.24) is 9.62 Å². The molecule has 2 aromatic rings. The summed E-state index contributed by atoms with van der Waals surface area (Å²) in [5, 5.41) is 2.95. The summed E-state index contributed by atoms with van der Waals surface area (Å²) < 4.78 is 40.3. The van der Waals surface area contributed by atoms with E-state index in [1.807, 2.05) is 0 Å². The number of fused-ring (bicyclic) bond motifs is 1. The van der Waals surface area contributed by atoms with Gasteiger partial charge in [0, 0.05) is 29.3 Å². The second-order valence-corrected chi connectivity index (χ2v) is 10.1. The van der Waals surface area contributed by atoms with Crippen LogP contribution in [0.3, 0.4) is 0 Å². The molecule has 0 radical (unpaired) electrons. The standard InChI is InChI=1S/C20H21FN2O3S2/c21-15-5-8-19-17(13-15)18(9-12-27-19)22-20(24)14-3-6-16(7-4-14)28(25,26)23-10-1-2-11-23/h3-8,13,18H,1-2,9-12H2,(H,22,24)/t18-/m0/s1. The van der Waals surface area contributed by atoms with Crippen molar-refractivity contribution in [1.29, 1.82) is 0 Å². The van der Waals surface area contributed by atoms with Gasteiger partial charge >= 0.3 is 0 Å². The van der Waals surface area contributed by atoms with E-state index < -0.39 is 10.0 Å². The van der Waals surface area contributed by atoms with Crippen LogP contribution in [0.15, 0.2) is 52.3 Å². The van der Waals surface area contributed by atoms with Crippen LogP contribution in [0.5, 0.6) is 0 Å². The lowest BCUT2D eigenvalue weighted by Gasteiger charge is -2.26. The first-order valence-electron chi connectivity index (χ1n) is 9.28. The molecule has 1 N–H and O–H groups in total. The topological polar surface area (TPSA) is 66.5 Å². The molecule has 1 amide bonds. The Morgan fingerprint density at radius 1 is 1.11 bits per heavy atom. The van der Waals surface area contributed by atoms with Gasteiger partial charge < -0.3 is 5.32 Å². The van der Waals surface area contributed by atoms with Crippen molar-refractivity contribution in [3.63, 3.8) is 0 Å². The summed E-state index contributed by atoms with van der Waals surface area (Å²) in [6.07, 6.45) is 2.47. The maximum absolute atomic E-state index is 13.6. The average Bonchev–Trinajstić information content (AvgIpc) is 3.24. The molecule has 1 saturated heterocycles. The molecule has 1 fully saturated rings. The van der Waals surface area contributed by atoms with Crippen molar-refractivity contribution in [2.24, 2.45) is 0 Å². The molecule has 0 saturated carbocycles. The zero-order valence-electron chi connectivity index (χ0n) is 15.2. The molecular formula is C20H21FN2O3S2. The first kappa shape index (κ1) is 19.4. The first-order valence-corrected chi connectivity index (χ1v) is 11.7. The van der Waals surface area contributed by atoms with E-state index in [1.54, 1.807) is 17.8 Å². The molecule has 0 unspecified atom stereocenters. The summed E-state index contributed by atoms with van der Waals surface area (Å²) in [6.45, 7) is 1.08. The number of sulfonamides is 1. The normalized spacial score (nSPS) is 20.0. The molecule has 0 spiro atoms. The molecule has 1 atom stereocenters. The fourth-order valence-electron chi connectivity index (χ4n) is 3.61. The van der Waals surface area contributed by atoms with E-state index in [1.165, 1.54) is 40.7 Å². The number of hydrogen-bond donors (Lipinski definition) is 1. The Bertz CT molecular complexity index is 987. The minimum atomic E-state index is -3.50. The molecule has 4 rings (SSSR count). The number of rotatable bonds is 4. The van der Waals surface area contributed by atoms with Gasteiger partial charge in [-0.1, -0.05) is 0 Å². The average molecular weight is 421 g/mol. The predicted octanol–water partition coefficient (Wildman–Crippen LogP) is 3.58. The van der Waals surface area contributed by atoms with Crippen LogP contribution in [0.4, 0.5) is 4.39 Å². The van der Waals surface area contributed by atoms with Crippen molar-refractivity contribution in [2.45, 2.75) is 35.1 Å². The quantitative estimate of drug-likeness (QED) is 0.821. The van der Waals surface area contributed by atoms with Gasteiger partial charge in [-0.3, -0.25) is 4.79 Å². The number of thioether (sulfide) groups is 1. The highest BCUT2D eigenvalue weighted by Gasteiger charge is 2.28. The van der Waals surface area contributed by atoms with Crippen LogP contribution >= 0.6 is 11.8 Å². The molecule has 2 heterocycles. The summed E-state index contributed by atoms with van der Waals surface area (Å²) in [6, 6.07) is 10.4. The van der Waals surface area contributed by atoms with Crippen LogP contribution in [0, 0.1) is 5.82 Å². The van der Waals surface area contributed by atoms with Crippen LogP contribution in [0.1, 0.15) is 41.2 Å². The molecular weight excluding hydrogens is 399 g/mol. The van der Waals surface area contributed by atoms with Gasteiger partial charge in [0.25, 0.3) is 5.91 Å². The van der Waals surface area contributed by atoms with Gasteiger partial charge in [-0.25, -0.2) is 12.8 Å². The molecule has 0 aliphatic carbocycles. The fourth-order valence-corrected chi connectivity index (χ4v) is 6.24. The minimum Gasteiger partial charge on any atom is -0.345 e. The van der Waals surface area contributed by atoms with E-state index in [2.05, 4.69) is 5.32 Å². The molecule has 8 heteroatoms. The van der Waals surface area contributed by atoms with Crippen LogP contribution in [0.2, 0.25) is 0 Å². The molecule has 0 bridgehead atoms. The monoisotopic (exact) mass is 420 g/mol. The lowest BCUT2D eigenvalue weighted by Crippen LogP contribution is -2.31. The zero-order valence-corrected chi connectivity index (χ0v) is 16.9. The third-order valence-corrected chi connectivity index (χ3v) is 8.17. The molecule has 5 nitrogen and oxygen atoms in total. The van der Waals surface area contributed by atoms with Crippen LogP contribution in [0.25, 0.3) is 0 Å². The Balaban J connectivity index is 1.50. The summed E-state index contributed by atoms with van der Waals surface area (Å²) in [5.41, 5.74) is 1.18. The van der Waals surface area contributed by atoms with Gasteiger partial charge in [0.15, 0.2) is 0 Å². The van der Waals surface area contributed by atoms with Gasteiger partial charge in [-0.2, -0.15) is 4.31 Å². The van der Waals surface area contributed by atoms with E-state index in [-0.39, 0.29) is 22.7 Å². The largest absolute Gasteiger partial charge is 0.345 e. The van der Waals surface area contributed by atoms with Crippen molar-refractivity contribution < 1.29 is 17.6 Å². The number of carbonyl (C=O) groups excluding carboxylic acids is 1. The number of carbonyl (C=O) groups is 1. The van der Waals surface area contributed by atoms with Crippen LogP contribution < -0.4 is 5.32 Å². The Hall–Kier alpha value is -1.90. The van der Waals surface area contributed by atoms with Crippen molar-refractivity contribution in [3.05, 3.63) is 59.4 Å². The van der Waals surface area contributed by atoms with E-state index in [0.717, 1.165) is 29.1 Å². The Kier molecular flexibility index (Phi) is 5.44. The van der Waals surface area contributed by atoms with Gasteiger partial charge in [0.2, 0.25) is 10.0 Å². The summed E-state index contributed by atoms with van der Waals surface area (Å²) in [7, 11) is -3.50. The summed E-state index contributed by atoms with van der Waals surface area (Å²) in [4.78, 5) is 13.8. The molecule has 2 aliphatic heterocycles. The third-order valence-electron chi connectivity index (χ3n) is 5.14. The van der Waals surface area contributed by atoms with E-state index in [0.29, 0.717) is 25.1 Å². The van der Waals surface area contributed by atoms with Crippen LogP contribution in [-0.4, -0.2) is 37.5 Å². The number of nitrogens with one attached hydrogen (secondary N) is 1. The molecule has 2 aromatic carbocycles. The SMILES string of the molecule is O=C(N[C@H]1CCSc2ccc(F)cc21)c1ccc(S(=O)(=O)N2CCCC2)cc1. The molecule has 28 heavy (non-hydrogen) atoms. The lowest BCUT2D eigenvalue weighted by molar-refractivity contribution is 0.0934. The zero-order chi connectivity index (χ0) is 19.7. The summed E-state index contributed by atoms with van der Waals surface area (Å²) >= 11 is 1.65. The van der Waals surface area contributed by atoms with Crippen molar-refractivity contribution >= 4 is 27.7 Å². The number of hydrogen-bond acceptors (Lipinski definition) is 4. The van der Waals surface area contributed by atoms with Gasteiger partial charge in [-0.05, 0) is 67.3 Å². The molecule has 148 valence electrons. The van der Waals surface area contributed by atoms with Gasteiger partial charge in [0.05, 0.1) is 10.9 Å². The number of amides is 1. The second kappa shape index (κ2) is 7.85.